The van der Waals surface area contributed by atoms with Gasteiger partial charge in [0.1, 0.15) is 6.10 Å². The maximum absolute atomic E-state index is 11.5. The van der Waals surface area contributed by atoms with Crippen molar-refractivity contribution in [2.45, 2.75) is 58.4 Å². The molecule has 0 radical (unpaired) electrons. The maximum atomic E-state index is 11.5. The summed E-state index contributed by atoms with van der Waals surface area (Å²) >= 11 is 0. The van der Waals surface area contributed by atoms with Gasteiger partial charge in [0.2, 0.25) is 12.4 Å². The van der Waals surface area contributed by atoms with E-state index in [9.17, 15) is 23.7 Å². The first-order valence-electron chi connectivity index (χ1n) is 7.84. The maximum Gasteiger partial charge on any atom is 0.469 e. The highest BCUT2D eigenvalue weighted by Gasteiger charge is 2.53. The van der Waals surface area contributed by atoms with Crippen molar-refractivity contribution < 1.29 is 61.7 Å². The van der Waals surface area contributed by atoms with Gasteiger partial charge in [0.15, 0.2) is 12.2 Å². The first-order valence-corrected chi connectivity index (χ1v) is 9.37. The molecule has 5 atom stereocenters. The van der Waals surface area contributed by atoms with Crippen LogP contribution in [0, 0.1) is 0 Å². The summed E-state index contributed by atoms with van der Waals surface area (Å²) in [4.78, 5) is 63.6. The first kappa shape index (κ1) is 24.0. The van der Waals surface area contributed by atoms with Gasteiger partial charge in [-0.2, -0.15) is 0 Å². The quantitative estimate of drug-likeness (QED) is 0.292. The molecule has 160 valence electrons. The van der Waals surface area contributed by atoms with Crippen molar-refractivity contribution in [2.24, 2.45) is 0 Å². The van der Waals surface area contributed by atoms with Gasteiger partial charge in [-0.1, -0.05) is 0 Å². The van der Waals surface area contributed by atoms with Crippen LogP contribution in [0.15, 0.2) is 0 Å². The summed E-state index contributed by atoms with van der Waals surface area (Å²) in [5.41, 5.74) is 0. The molecule has 1 saturated heterocycles. The second kappa shape index (κ2) is 9.94. The number of rotatable bonds is 7. The van der Waals surface area contributed by atoms with Gasteiger partial charge in [0, 0.05) is 27.7 Å². The molecule has 14 heteroatoms. The molecule has 0 bridgehead atoms. The number of carbonyl (C=O) groups excluding carboxylic acids is 4. The molecule has 0 amide bonds. The predicted molar refractivity (Wildman–Crippen MR) is 85.1 cm³/mol. The summed E-state index contributed by atoms with van der Waals surface area (Å²) in [5, 5.41) is 0. The summed E-state index contributed by atoms with van der Waals surface area (Å²) in [6, 6.07) is 0. The van der Waals surface area contributed by atoms with Crippen molar-refractivity contribution >= 4 is 31.7 Å². The molecule has 1 aliphatic heterocycles. The lowest BCUT2D eigenvalue weighted by atomic mass is 9.98. The zero-order chi connectivity index (χ0) is 21.6. The molecule has 1 unspecified atom stereocenters. The average Bonchev–Trinajstić information content (AvgIpc) is 2.48. The summed E-state index contributed by atoms with van der Waals surface area (Å²) in [6.45, 7) is 3.26. The molecule has 1 fully saturated rings. The van der Waals surface area contributed by atoms with Crippen LogP contribution in [0.25, 0.3) is 0 Å². The number of hydrogen-bond acceptors (Lipinski definition) is 11. The molecule has 0 aromatic carbocycles. The SMILES string of the molecule is CC(=O)OC1O[C@H](COP(=O)(O)O)[C@@H](OC(C)=O)[C@H](OC(C)=O)[C@@H]1OC(C)=O. The van der Waals surface area contributed by atoms with Crippen LogP contribution in [-0.2, 0) is 52.0 Å². The Morgan fingerprint density at radius 2 is 1.21 bits per heavy atom. The zero-order valence-electron chi connectivity index (χ0n) is 15.4. The van der Waals surface area contributed by atoms with E-state index in [-0.39, 0.29) is 0 Å². The van der Waals surface area contributed by atoms with Gasteiger partial charge in [-0.15, -0.1) is 0 Å². The topological polar surface area (TPSA) is 181 Å². The number of hydrogen-bond donors (Lipinski definition) is 2. The van der Waals surface area contributed by atoms with Crippen molar-refractivity contribution in [3.63, 3.8) is 0 Å². The number of phosphoric ester groups is 1. The normalized spacial score (nSPS) is 27.4. The largest absolute Gasteiger partial charge is 0.469 e. The lowest BCUT2D eigenvalue weighted by molar-refractivity contribution is -0.299. The predicted octanol–water partition coefficient (Wildman–Crippen LogP) is -0.821. The summed E-state index contributed by atoms with van der Waals surface area (Å²) < 4.78 is 40.8. The molecule has 1 aliphatic rings. The summed E-state index contributed by atoms with van der Waals surface area (Å²) in [5.74, 6) is -3.43. The number of phosphoric acid groups is 1. The monoisotopic (exact) mass is 428 g/mol. The van der Waals surface area contributed by atoms with Gasteiger partial charge < -0.3 is 33.5 Å². The fraction of sp³-hybridized carbons (Fsp3) is 0.714. The molecular weight excluding hydrogens is 407 g/mol. The van der Waals surface area contributed by atoms with Crippen LogP contribution >= 0.6 is 7.82 Å². The fourth-order valence-corrected chi connectivity index (χ4v) is 2.76. The summed E-state index contributed by atoms with van der Waals surface area (Å²) in [6.07, 6.45) is -7.63. The summed E-state index contributed by atoms with van der Waals surface area (Å²) in [7, 11) is -4.95. The molecule has 13 nitrogen and oxygen atoms in total. The van der Waals surface area contributed by atoms with Crippen LogP contribution < -0.4 is 0 Å². The molecule has 0 aromatic heterocycles. The molecule has 0 aromatic rings. The third kappa shape index (κ3) is 7.90. The Morgan fingerprint density at radius 1 is 0.786 bits per heavy atom. The number of ether oxygens (including phenoxy) is 5. The lowest BCUT2D eigenvalue weighted by Crippen LogP contribution is -2.63. The minimum atomic E-state index is -4.95. The Bertz CT molecular complexity index is 656. The first-order chi connectivity index (χ1) is 12.8. The van der Waals surface area contributed by atoms with E-state index in [1.54, 1.807) is 0 Å². The van der Waals surface area contributed by atoms with E-state index >= 15 is 0 Å². The third-order valence-electron chi connectivity index (χ3n) is 3.19. The van der Waals surface area contributed by atoms with Crippen molar-refractivity contribution in [1.82, 2.24) is 0 Å². The Balaban J connectivity index is 3.31. The van der Waals surface area contributed by atoms with E-state index < -0.39 is 69.0 Å². The van der Waals surface area contributed by atoms with Crippen LogP contribution in [-0.4, -0.2) is 71.0 Å². The van der Waals surface area contributed by atoms with Gasteiger partial charge in [-0.05, 0) is 0 Å². The van der Waals surface area contributed by atoms with Crippen LogP contribution in [0.3, 0.4) is 0 Å². The van der Waals surface area contributed by atoms with Crippen LogP contribution in [0.4, 0.5) is 0 Å². The van der Waals surface area contributed by atoms with E-state index in [0.717, 1.165) is 27.7 Å². The van der Waals surface area contributed by atoms with Gasteiger partial charge >= 0.3 is 31.7 Å². The van der Waals surface area contributed by atoms with Crippen LogP contribution in [0.2, 0.25) is 0 Å². The highest BCUT2D eigenvalue weighted by molar-refractivity contribution is 7.46. The van der Waals surface area contributed by atoms with Crippen molar-refractivity contribution in [1.29, 1.82) is 0 Å². The van der Waals surface area contributed by atoms with Crippen LogP contribution in [0.5, 0.6) is 0 Å². The minimum absolute atomic E-state index is 0.829. The Hall–Kier alpha value is -2.05. The highest BCUT2D eigenvalue weighted by Crippen LogP contribution is 2.38. The molecule has 28 heavy (non-hydrogen) atoms. The highest BCUT2D eigenvalue weighted by atomic mass is 31.2. The minimum Gasteiger partial charge on any atom is -0.456 e. The van der Waals surface area contributed by atoms with Crippen molar-refractivity contribution in [2.75, 3.05) is 6.61 Å². The third-order valence-corrected chi connectivity index (χ3v) is 3.67. The van der Waals surface area contributed by atoms with E-state index in [2.05, 4.69) is 4.52 Å². The van der Waals surface area contributed by atoms with E-state index in [1.165, 1.54) is 0 Å². The van der Waals surface area contributed by atoms with Crippen molar-refractivity contribution in [3.05, 3.63) is 0 Å². The van der Waals surface area contributed by atoms with Gasteiger partial charge in [-0.3, -0.25) is 23.7 Å². The molecule has 1 rings (SSSR count). The van der Waals surface area contributed by atoms with Gasteiger partial charge in [0.05, 0.1) is 6.61 Å². The fourth-order valence-electron chi connectivity index (χ4n) is 2.42. The molecular formula is C14H21O13P. The lowest BCUT2D eigenvalue weighted by Gasteiger charge is -2.43. The van der Waals surface area contributed by atoms with E-state index in [0.29, 0.717) is 0 Å². The van der Waals surface area contributed by atoms with Crippen molar-refractivity contribution in [3.8, 4) is 0 Å². The van der Waals surface area contributed by atoms with E-state index in [1.807, 2.05) is 0 Å². The molecule has 1 heterocycles. The smallest absolute Gasteiger partial charge is 0.456 e. The standard InChI is InChI=1S/C14H21O13P/c1-6(15)23-11-10(5-22-28(19,20)21)27-14(26-9(4)18)13(25-8(3)17)12(11)24-7(2)16/h10-14H,5H2,1-4H3,(H2,19,20,21)/t10-,11-,12+,13+,14?/m1/s1. The molecule has 0 spiro atoms. The van der Waals surface area contributed by atoms with E-state index in [4.69, 9.17) is 33.5 Å². The molecule has 0 aliphatic carbocycles. The number of carbonyl (C=O) groups is 4. The van der Waals surface area contributed by atoms with Crippen LogP contribution in [0.1, 0.15) is 27.7 Å². The average molecular weight is 428 g/mol. The van der Waals surface area contributed by atoms with Gasteiger partial charge in [-0.25, -0.2) is 4.57 Å². The Kier molecular flexibility index (Phi) is 8.51. The second-order valence-corrected chi connectivity index (χ2v) is 6.90. The Labute approximate surface area is 159 Å². The molecule has 2 N–H and O–H groups in total. The molecule has 0 saturated carbocycles. The Morgan fingerprint density at radius 3 is 1.64 bits per heavy atom. The number of esters is 4. The second-order valence-electron chi connectivity index (χ2n) is 5.66. The zero-order valence-corrected chi connectivity index (χ0v) is 16.3. The van der Waals surface area contributed by atoms with Gasteiger partial charge in [0.25, 0.3) is 0 Å².